The van der Waals surface area contributed by atoms with Crippen molar-refractivity contribution in [1.29, 1.82) is 0 Å². The van der Waals surface area contributed by atoms with Gasteiger partial charge < -0.3 is 10.2 Å². The summed E-state index contributed by atoms with van der Waals surface area (Å²) in [6.45, 7) is -0.678. The van der Waals surface area contributed by atoms with Crippen molar-refractivity contribution in [3.8, 4) is 0 Å². The number of aliphatic hydroxyl groups is 2. The van der Waals surface area contributed by atoms with Gasteiger partial charge in [-0.25, -0.2) is 5.21 Å². The summed E-state index contributed by atoms with van der Waals surface area (Å²) < 4.78 is 0. The molecule has 0 fully saturated rings. The molecule has 0 unspecified atom stereocenters. The van der Waals surface area contributed by atoms with Crippen LogP contribution < -0.4 is 0 Å². The van der Waals surface area contributed by atoms with Gasteiger partial charge in [-0.05, 0) is 5.56 Å². The van der Waals surface area contributed by atoms with E-state index in [0.29, 0.717) is 5.56 Å². The van der Waals surface area contributed by atoms with Gasteiger partial charge in [-0.2, -0.15) is 0 Å². The van der Waals surface area contributed by atoms with Crippen LogP contribution in [0.3, 0.4) is 0 Å². The maximum atomic E-state index is 10.6. The van der Waals surface area contributed by atoms with Crippen LogP contribution in [-0.2, 0) is 13.2 Å². The first-order chi connectivity index (χ1) is 6.20. The highest BCUT2D eigenvalue weighted by Crippen LogP contribution is 2.21. The van der Waals surface area contributed by atoms with E-state index in [0.717, 1.165) is 0 Å². The summed E-state index contributed by atoms with van der Waals surface area (Å²) in [5, 5.41) is 26.4. The topological polar surface area (TPSA) is 80.8 Å². The van der Waals surface area contributed by atoms with E-state index in [1.54, 1.807) is 6.07 Å². The van der Waals surface area contributed by atoms with Crippen LogP contribution >= 0.6 is 0 Å². The summed E-state index contributed by atoms with van der Waals surface area (Å²) in [6, 6.07) is 4.44. The van der Waals surface area contributed by atoms with E-state index in [2.05, 4.69) is 0 Å². The Morgan fingerprint density at radius 3 is 2.38 bits per heavy atom. The molecule has 0 saturated heterocycles. The van der Waals surface area contributed by atoms with Crippen LogP contribution in [-0.4, -0.2) is 20.3 Å². The van der Waals surface area contributed by atoms with Gasteiger partial charge >= 0.3 is 5.69 Å². The Morgan fingerprint density at radius 2 is 1.92 bits per heavy atom. The van der Waals surface area contributed by atoms with Gasteiger partial charge in [0.2, 0.25) is 0 Å². The third-order valence-electron chi connectivity index (χ3n) is 1.78. The molecule has 0 heterocycles. The maximum Gasteiger partial charge on any atom is 0.322 e. The molecule has 1 rings (SSSR count). The zero-order valence-electron chi connectivity index (χ0n) is 6.84. The fraction of sp³-hybridized carbons (Fsp3) is 0.250. The highest BCUT2D eigenvalue weighted by atomic mass is 16.6. The van der Waals surface area contributed by atoms with Crippen LogP contribution in [0.5, 0.6) is 0 Å². The molecule has 0 aliphatic rings. The van der Waals surface area contributed by atoms with Crippen molar-refractivity contribution in [1.82, 2.24) is 0 Å². The van der Waals surface area contributed by atoms with Crippen molar-refractivity contribution >= 4 is 5.69 Å². The van der Waals surface area contributed by atoms with Crippen molar-refractivity contribution in [2.24, 2.45) is 0 Å². The molecule has 0 aliphatic heterocycles. The molecule has 0 saturated carbocycles. The summed E-state index contributed by atoms with van der Waals surface area (Å²) in [6.07, 6.45) is 0. The molecule has 0 radical (unpaired) electrons. The predicted octanol–water partition coefficient (Wildman–Crippen LogP) is 0.471. The second-order valence-electron chi connectivity index (χ2n) is 2.50. The molecule has 0 amide bonds. The molecule has 5 heteroatoms. The van der Waals surface area contributed by atoms with Gasteiger partial charge in [0.05, 0.1) is 23.7 Å². The number of nitrogens with zero attached hydrogens (tertiary/aromatic N) is 1. The number of rotatable bonds is 3. The minimum atomic E-state index is -0.397. The highest BCUT2D eigenvalue weighted by molar-refractivity contribution is 5.44. The van der Waals surface area contributed by atoms with Gasteiger partial charge in [0, 0.05) is 6.07 Å². The van der Waals surface area contributed by atoms with Crippen LogP contribution in [0.25, 0.3) is 0 Å². The number of aliphatic hydroxyl groups excluding tert-OH is 2. The molecular weight excluding hydrogens is 174 g/mol. The first-order valence-corrected chi connectivity index (χ1v) is 3.69. The first-order valence-electron chi connectivity index (χ1n) is 3.69. The molecular formula is C8H10NO4+. The lowest BCUT2D eigenvalue weighted by Gasteiger charge is -2.01. The summed E-state index contributed by atoms with van der Waals surface area (Å²) in [7, 11) is 0. The second-order valence-corrected chi connectivity index (χ2v) is 2.50. The average Bonchev–Trinajstić information content (AvgIpc) is 2.16. The number of benzene rings is 1. The third-order valence-corrected chi connectivity index (χ3v) is 1.78. The lowest BCUT2D eigenvalue weighted by Crippen LogP contribution is -2.01. The Labute approximate surface area is 74.4 Å². The van der Waals surface area contributed by atoms with Gasteiger partial charge in [-0.3, -0.25) is 0 Å². The molecule has 0 aliphatic carbocycles. The molecule has 5 nitrogen and oxygen atoms in total. The lowest BCUT2D eigenvalue weighted by atomic mass is 10.1. The molecule has 3 N–H and O–H groups in total. The lowest BCUT2D eigenvalue weighted by molar-refractivity contribution is -0.730. The van der Waals surface area contributed by atoms with Gasteiger partial charge in [0.1, 0.15) is 0 Å². The fourth-order valence-corrected chi connectivity index (χ4v) is 1.13. The van der Waals surface area contributed by atoms with E-state index in [4.69, 9.17) is 15.4 Å². The minimum Gasteiger partial charge on any atom is -0.392 e. The summed E-state index contributed by atoms with van der Waals surface area (Å²) >= 11 is 0. The Morgan fingerprint density at radius 1 is 1.23 bits per heavy atom. The van der Waals surface area contributed by atoms with Crippen LogP contribution in [0.4, 0.5) is 5.69 Å². The van der Waals surface area contributed by atoms with Gasteiger partial charge in [-0.1, -0.05) is 12.1 Å². The van der Waals surface area contributed by atoms with Gasteiger partial charge in [-0.15, -0.1) is 0 Å². The van der Waals surface area contributed by atoms with Gasteiger partial charge in [0.25, 0.3) is 4.92 Å². The van der Waals surface area contributed by atoms with E-state index >= 15 is 0 Å². The summed E-state index contributed by atoms with van der Waals surface area (Å²) in [5.74, 6) is 0. The van der Waals surface area contributed by atoms with Crippen molar-refractivity contribution in [3.05, 3.63) is 34.2 Å². The Balaban J connectivity index is 3.27. The zero-order valence-corrected chi connectivity index (χ0v) is 6.84. The first kappa shape index (κ1) is 9.63. The second kappa shape index (κ2) is 3.97. The summed E-state index contributed by atoms with van der Waals surface area (Å²) in [5.41, 5.74) is 0.617. The van der Waals surface area contributed by atoms with Crippen molar-refractivity contribution < 1.29 is 20.3 Å². The van der Waals surface area contributed by atoms with Crippen LogP contribution in [0.1, 0.15) is 11.1 Å². The monoisotopic (exact) mass is 184 g/mol. The highest BCUT2D eigenvalue weighted by Gasteiger charge is 2.19. The third kappa shape index (κ3) is 1.82. The Bertz CT molecular complexity index is 324. The van der Waals surface area contributed by atoms with E-state index in [9.17, 15) is 4.91 Å². The summed E-state index contributed by atoms with van der Waals surface area (Å²) in [4.78, 5) is 10.2. The number of hydrogen-bond donors (Lipinski definition) is 3. The van der Waals surface area contributed by atoms with Crippen molar-refractivity contribution in [2.75, 3.05) is 0 Å². The molecule has 0 atom stereocenters. The van der Waals surface area contributed by atoms with E-state index in [1.807, 2.05) is 0 Å². The molecule has 1 aromatic rings. The van der Waals surface area contributed by atoms with Crippen LogP contribution in [0.15, 0.2) is 18.2 Å². The van der Waals surface area contributed by atoms with E-state index in [-0.39, 0.29) is 22.8 Å². The van der Waals surface area contributed by atoms with Gasteiger partial charge in [0.15, 0.2) is 0 Å². The Kier molecular flexibility index (Phi) is 2.94. The molecule has 70 valence electrons. The van der Waals surface area contributed by atoms with Crippen LogP contribution in [0, 0.1) is 4.91 Å². The van der Waals surface area contributed by atoms with Crippen molar-refractivity contribution in [2.45, 2.75) is 13.2 Å². The van der Waals surface area contributed by atoms with E-state index < -0.39 is 6.61 Å². The zero-order chi connectivity index (χ0) is 9.84. The largest absolute Gasteiger partial charge is 0.392 e. The van der Waals surface area contributed by atoms with Crippen LogP contribution in [0.2, 0.25) is 0 Å². The molecule has 1 aromatic carbocycles. The normalized spacial score (nSPS) is 10.0. The number of hydrogen-bond acceptors (Lipinski definition) is 3. The fourth-order valence-electron chi connectivity index (χ4n) is 1.13. The Hall–Kier alpha value is -1.46. The minimum absolute atomic E-state index is 0.0472. The smallest absolute Gasteiger partial charge is 0.322 e. The predicted molar refractivity (Wildman–Crippen MR) is 43.4 cm³/mol. The van der Waals surface area contributed by atoms with E-state index in [1.165, 1.54) is 12.1 Å². The SMILES string of the molecule is O=[N+](O)c1cccc(CO)c1CO. The quantitative estimate of drug-likeness (QED) is 0.596. The molecule has 0 bridgehead atoms. The average molecular weight is 184 g/mol. The molecule has 13 heavy (non-hydrogen) atoms. The van der Waals surface area contributed by atoms with Crippen molar-refractivity contribution in [3.63, 3.8) is 0 Å². The standard InChI is InChI=1S/C8H10NO4/c10-4-6-2-1-3-8(9(12)13)7(6)5-11/h1-3,10-11H,4-5H2,(H,12,13)/q+1. The molecule has 0 spiro atoms. The molecule has 0 aromatic heterocycles. The maximum absolute atomic E-state index is 10.6.